The Morgan fingerprint density at radius 2 is 1.77 bits per heavy atom. The maximum absolute atomic E-state index is 5.43. The molecule has 22 heavy (non-hydrogen) atoms. The quantitative estimate of drug-likeness (QED) is 0.791. The van der Waals surface area contributed by atoms with E-state index in [-0.39, 0.29) is 0 Å². The van der Waals surface area contributed by atoms with E-state index in [9.17, 15) is 0 Å². The first kappa shape index (κ1) is 16.9. The van der Waals surface area contributed by atoms with E-state index in [2.05, 4.69) is 49.5 Å². The number of hydrogen-bond acceptors (Lipinski definition) is 5. The van der Waals surface area contributed by atoms with Crippen molar-refractivity contribution < 1.29 is 9.47 Å². The Kier molecular flexibility index (Phi) is 5.53. The molecule has 1 heterocycles. The number of hydrazine groups is 1. The van der Waals surface area contributed by atoms with Crippen LogP contribution >= 0.6 is 0 Å². The normalized spacial score (nSPS) is 17.6. The van der Waals surface area contributed by atoms with Crippen molar-refractivity contribution in [2.24, 2.45) is 0 Å². The monoisotopic (exact) mass is 307 g/mol. The molecule has 0 spiro atoms. The van der Waals surface area contributed by atoms with Gasteiger partial charge in [-0.2, -0.15) is 0 Å². The molecule has 0 fully saturated rings. The number of rotatable bonds is 6. The van der Waals surface area contributed by atoms with Gasteiger partial charge in [-0.15, -0.1) is 0 Å². The summed E-state index contributed by atoms with van der Waals surface area (Å²) in [5, 5.41) is 5.89. The summed E-state index contributed by atoms with van der Waals surface area (Å²) in [7, 11) is 3.35. The van der Waals surface area contributed by atoms with Crippen molar-refractivity contribution in [3.63, 3.8) is 0 Å². The molecule has 1 aromatic carbocycles. The Morgan fingerprint density at radius 1 is 1.14 bits per heavy atom. The predicted molar refractivity (Wildman–Crippen MR) is 90.8 cm³/mol. The molecule has 124 valence electrons. The van der Waals surface area contributed by atoms with Gasteiger partial charge in [-0.3, -0.25) is 5.43 Å². The van der Waals surface area contributed by atoms with Gasteiger partial charge in [-0.05, 0) is 45.7 Å². The summed E-state index contributed by atoms with van der Waals surface area (Å²) in [4.78, 5) is 0. The van der Waals surface area contributed by atoms with Crippen molar-refractivity contribution in [2.75, 3.05) is 26.1 Å². The fourth-order valence-electron chi connectivity index (χ4n) is 2.98. The number of nitrogens with one attached hydrogen (secondary N) is 2. The molecule has 0 saturated carbocycles. The van der Waals surface area contributed by atoms with E-state index in [0.717, 1.165) is 30.2 Å². The maximum Gasteiger partial charge on any atom is 0.162 e. The highest BCUT2D eigenvalue weighted by molar-refractivity contribution is 5.62. The topological polar surface area (TPSA) is 45.8 Å². The van der Waals surface area contributed by atoms with Crippen molar-refractivity contribution in [3.05, 3.63) is 17.7 Å². The van der Waals surface area contributed by atoms with E-state index in [4.69, 9.17) is 9.47 Å². The number of hydrogen-bond donors (Lipinski definition) is 2. The van der Waals surface area contributed by atoms with Crippen LogP contribution in [-0.4, -0.2) is 43.9 Å². The summed E-state index contributed by atoms with van der Waals surface area (Å²) in [6.45, 7) is 9.71. The van der Waals surface area contributed by atoms with Gasteiger partial charge in [-0.25, -0.2) is 5.01 Å². The average Bonchev–Trinajstić information content (AvgIpc) is 2.50. The van der Waals surface area contributed by atoms with Crippen molar-refractivity contribution in [1.82, 2.24) is 10.4 Å². The average molecular weight is 307 g/mol. The van der Waals surface area contributed by atoms with E-state index in [1.165, 1.54) is 5.56 Å². The number of fused-ring (bicyclic) bond motifs is 1. The fourth-order valence-corrected chi connectivity index (χ4v) is 2.98. The molecule has 1 atom stereocenters. The molecular formula is C17H29N3O2. The van der Waals surface area contributed by atoms with Crippen LogP contribution in [0.15, 0.2) is 12.1 Å². The van der Waals surface area contributed by atoms with Gasteiger partial charge in [0.15, 0.2) is 11.5 Å². The summed E-state index contributed by atoms with van der Waals surface area (Å²) in [5.74, 6) is 1.56. The van der Waals surface area contributed by atoms with Gasteiger partial charge < -0.3 is 14.8 Å². The lowest BCUT2D eigenvalue weighted by Crippen LogP contribution is -2.56. The van der Waals surface area contributed by atoms with E-state index in [0.29, 0.717) is 18.1 Å². The zero-order chi connectivity index (χ0) is 16.3. The molecule has 1 aliphatic rings. The second-order valence-electron chi connectivity index (χ2n) is 6.39. The van der Waals surface area contributed by atoms with E-state index >= 15 is 0 Å². The van der Waals surface area contributed by atoms with Gasteiger partial charge in [-0.1, -0.05) is 0 Å². The highest BCUT2D eigenvalue weighted by atomic mass is 16.5. The first-order valence-corrected chi connectivity index (χ1v) is 7.99. The number of nitrogens with zero attached hydrogens (tertiary/aromatic N) is 1. The molecule has 0 amide bonds. The first-order chi connectivity index (χ1) is 10.5. The SMILES string of the molecule is COc1cc2c(cc1OC)NCC(N(NC(C)C)C(C)C)C2. The van der Waals surface area contributed by atoms with Crippen molar-refractivity contribution >= 4 is 5.69 Å². The Bertz CT molecular complexity index is 503. The molecule has 0 radical (unpaired) electrons. The summed E-state index contributed by atoms with van der Waals surface area (Å²) < 4.78 is 10.8. The summed E-state index contributed by atoms with van der Waals surface area (Å²) in [6.07, 6.45) is 0.987. The Morgan fingerprint density at radius 3 is 2.32 bits per heavy atom. The number of benzene rings is 1. The molecule has 0 aliphatic carbocycles. The fraction of sp³-hybridized carbons (Fsp3) is 0.647. The predicted octanol–water partition coefficient (Wildman–Crippen LogP) is 2.66. The van der Waals surface area contributed by atoms with Crippen molar-refractivity contribution in [2.45, 2.75) is 52.2 Å². The first-order valence-electron chi connectivity index (χ1n) is 7.99. The Labute approximate surface area is 133 Å². The molecule has 5 heteroatoms. The maximum atomic E-state index is 5.43. The molecule has 1 unspecified atom stereocenters. The summed E-state index contributed by atoms with van der Waals surface area (Å²) in [5.41, 5.74) is 5.98. The van der Waals surface area contributed by atoms with Crippen molar-refractivity contribution in [3.8, 4) is 11.5 Å². The molecule has 0 aromatic heterocycles. The Balaban J connectivity index is 2.22. The highest BCUT2D eigenvalue weighted by Crippen LogP contribution is 2.36. The van der Waals surface area contributed by atoms with Crippen LogP contribution in [-0.2, 0) is 6.42 Å². The largest absolute Gasteiger partial charge is 0.493 e. The third kappa shape index (κ3) is 3.65. The van der Waals surface area contributed by atoms with E-state index in [1.807, 2.05) is 6.07 Å². The van der Waals surface area contributed by atoms with Crippen LogP contribution in [0.1, 0.15) is 33.3 Å². The van der Waals surface area contributed by atoms with E-state index < -0.39 is 0 Å². The number of anilines is 1. The molecular weight excluding hydrogens is 278 g/mol. The van der Waals surface area contributed by atoms with Gasteiger partial charge in [0.2, 0.25) is 0 Å². The second-order valence-corrected chi connectivity index (χ2v) is 6.39. The number of ether oxygens (including phenoxy) is 2. The van der Waals surface area contributed by atoms with Gasteiger partial charge in [0.25, 0.3) is 0 Å². The van der Waals surface area contributed by atoms with Crippen molar-refractivity contribution in [1.29, 1.82) is 0 Å². The Hall–Kier alpha value is -1.46. The van der Waals surface area contributed by atoms with E-state index in [1.54, 1.807) is 14.2 Å². The van der Waals surface area contributed by atoms with Gasteiger partial charge >= 0.3 is 0 Å². The molecule has 1 aromatic rings. The van der Waals surface area contributed by atoms with Gasteiger partial charge in [0.05, 0.1) is 14.2 Å². The standard InChI is InChI=1S/C17H29N3O2/c1-11(2)19-20(12(3)4)14-7-13-8-16(21-5)17(22-6)9-15(13)18-10-14/h8-9,11-12,14,18-19H,7,10H2,1-6H3. The second kappa shape index (κ2) is 7.20. The lowest BCUT2D eigenvalue weighted by molar-refractivity contribution is 0.0744. The highest BCUT2D eigenvalue weighted by Gasteiger charge is 2.27. The minimum absolute atomic E-state index is 0.410. The minimum atomic E-state index is 0.410. The molecule has 1 aliphatic heterocycles. The molecule has 2 N–H and O–H groups in total. The molecule has 2 rings (SSSR count). The third-order valence-electron chi connectivity index (χ3n) is 3.95. The molecule has 0 bridgehead atoms. The van der Waals surface area contributed by atoms with Crippen LogP contribution < -0.4 is 20.2 Å². The molecule has 5 nitrogen and oxygen atoms in total. The zero-order valence-corrected chi connectivity index (χ0v) is 14.6. The van der Waals surface area contributed by atoms with Crippen LogP contribution in [0, 0.1) is 0 Å². The number of methoxy groups -OCH3 is 2. The van der Waals surface area contributed by atoms with Gasteiger partial charge in [0, 0.05) is 36.4 Å². The lowest BCUT2D eigenvalue weighted by atomic mass is 9.98. The zero-order valence-electron chi connectivity index (χ0n) is 14.6. The minimum Gasteiger partial charge on any atom is -0.493 e. The lowest BCUT2D eigenvalue weighted by Gasteiger charge is -2.39. The molecule has 0 saturated heterocycles. The third-order valence-corrected chi connectivity index (χ3v) is 3.95. The summed E-state index contributed by atoms with van der Waals surface area (Å²) >= 11 is 0. The van der Waals surface area contributed by atoms with Crippen LogP contribution in [0.4, 0.5) is 5.69 Å². The van der Waals surface area contributed by atoms with Crippen LogP contribution in [0.25, 0.3) is 0 Å². The summed E-state index contributed by atoms with van der Waals surface area (Å²) in [6, 6.07) is 5.39. The van der Waals surface area contributed by atoms with Crippen LogP contribution in [0.5, 0.6) is 11.5 Å². The van der Waals surface area contributed by atoms with Gasteiger partial charge in [0.1, 0.15) is 0 Å². The smallest absolute Gasteiger partial charge is 0.162 e. The van der Waals surface area contributed by atoms with Crippen LogP contribution in [0.2, 0.25) is 0 Å². The van der Waals surface area contributed by atoms with Crippen LogP contribution in [0.3, 0.4) is 0 Å².